The number of nitro groups is 1. The summed E-state index contributed by atoms with van der Waals surface area (Å²) in [6, 6.07) is 9.78. The van der Waals surface area contributed by atoms with Crippen molar-refractivity contribution < 1.29 is 19.2 Å². The lowest BCUT2D eigenvalue weighted by Gasteiger charge is -2.28. The summed E-state index contributed by atoms with van der Waals surface area (Å²) in [5, 5.41) is 14.2. The van der Waals surface area contributed by atoms with Crippen LogP contribution >= 0.6 is 0 Å². The van der Waals surface area contributed by atoms with Gasteiger partial charge in [-0.25, -0.2) is 4.79 Å². The number of amides is 1. The Kier molecular flexibility index (Phi) is 6.66. The first-order valence-corrected chi connectivity index (χ1v) is 9.93. The highest BCUT2D eigenvalue weighted by Gasteiger charge is 2.23. The number of piperidine rings is 1. The molecule has 8 nitrogen and oxygen atoms in total. The number of esters is 1. The van der Waals surface area contributed by atoms with Gasteiger partial charge in [0.1, 0.15) is 5.69 Å². The third kappa shape index (κ3) is 5.14. The number of ether oxygens (including phenoxy) is 1. The SMILES string of the molecule is Cc1ccc(NC(=O)COC(=O)c2ccc(N3CCCCC3)c([N+](=O)[O-])c2)cc1C. The molecule has 0 saturated carbocycles. The number of carbonyl (C=O) groups excluding carboxylic acids is 2. The second-order valence-corrected chi connectivity index (χ2v) is 7.43. The topological polar surface area (TPSA) is 102 Å². The smallest absolute Gasteiger partial charge is 0.338 e. The van der Waals surface area contributed by atoms with E-state index in [4.69, 9.17) is 4.74 Å². The molecular weight excluding hydrogens is 386 g/mol. The van der Waals surface area contributed by atoms with Gasteiger partial charge in [0.15, 0.2) is 6.61 Å². The van der Waals surface area contributed by atoms with Gasteiger partial charge in [-0.2, -0.15) is 0 Å². The second-order valence-electron chi connectivity index (χ2n) is 7.43. The zero-order valence-corrected chi connectivity index (χ0v) is 17.1. The van der Waals surface area contributed by atoms with E-state index in [0.717, 1.165) is 43.5 Å². The van der Waals surface area contributed by atoms with E-state index in [1.165, 1.54) is 12.1 Å². The Bertz CT molecular complexity index is 967. The molecular formula is C22H25N3O5. The molecule has 0 radical (unpaired) electrons. The maximum absolute atomic E-state index is 12.3. The number of nitrogens with one attached hydrogen (secondary N) is 1. The van der Waals surface area contributed by atoms with Crippen LogP contribution in [-0.4, -0.2) is 36.5 Å². The zero-order chi connectivity index (χ0) is 21.7. The Morgan fingerprint density at radius 2 is 1.80 bits per heavy atom. The first kappa shape index (κ1) is 21.3. The average Bonchev–Trinajstić information content (AvgIpc) is 2.74. The molecule has 30 heavy (non-hydrogen) atoms. The van der Waals surface area contributed by atoms with E-state index in [0.29, 0.717) is 11.4 Å². The lowest BCUT2D eigenvalue weighted by atomic mass is 10.1. The third-order valence-corrected chi connectivity index (χ3v) is 5.23. The molecule has 1 saturated heterocycles. The third-order valence-electron chi connectivity index (χ3n) is 5.23. The van der Waals surface area contributed by atoms with E-state index in [1.807, 2.05) is 30.9 Å². The van der Waals surface area contributed by atoms with Crippen LogP contribution in [0.3, 0.4) is 0 Å². The molecule has 1 N–H and O–H groups in total. The van der Waals surface area contributed by atoms with Crippen LogP contribution in [0.4, 0.5) is 17.1 Å². The van der Waals surface area contributed by atoms with Gasteiger partial charge in [-0.3, -0.25) is 14.9 Å². The Balaban J connectivity index is 1.64. The fraction of sp³-hybridized carbons (Fsp3) is 0.364. The van der Waals surface area contributed by atoms with Crippen molar-refractivity contribution in [2.75, 3.05) is 29.9 Å². The van der Waals surface area contributed by atoms with Crippen molar-refractivity contribution in [3.05, 3.63) is 63.2 Å². The van der Waals surface area contributed by atoms with E-state index in [2.05, 4.69) is 5.32 Å². The minimum atomic E-state index is -0.779. The molecule has 0 bridgehead atoms. The van der Waals surface area contributed by atoms with Gasteiger partial charge in [-0.15, -0.1) is 0 Å². The van der Waals surface area contributed by atoms with Crippen molar-refractivity contribution in [2.24, 2.45) is 0 Å². The van der Waals surface area contributed by atoms with Gasteiger partial charge in [0, 0.05) is 24.8 Å². The quantitative estimate of drug-likeness (QED) is 0.438. The van der Waals surface area contributed by atoms with Gasteiger partial charge in [-0.1, -0.05) is 6.07 Å². The molecule has 1 aliphatic rings. The monoisotopic (exact) mass is 411 g/mol. The van der Waals surface area contributed by atoms with Crippen molar-refractivity contribution >= 4 is 28.9 Å². The summed E-state index contributed by atoms with van der Waals surface area (Å²) in [7, 11) is 0. The van der Waals surface area contributed by atoms with Gasteiger partial charge >= 0.3 is 5.97 Å². The molecule has 2 aromatic carbocycles. The molecule has 0 aliphatic carbocycles. The average molecular weight is 411 g/mol. The van der Waals surface area contributed by atoms with Crippen molar-refractivity contribution in [3.8, 4) is 0 Å². The molecule has 0 atom stereocenters. The minimum absolute atomic E-state index is 0.0430. The lowest BCUT2D eigenvalue weighted by Crippen LogP contribution is -2.30. The number of hydrogen-bond acceptors (Lipinski definition) is 6. The van der Waals surface area contributed by atoms with Gasteiger partial charge in [-0.05, 0) is 68.5 Å². The molecule has 1 heterocycles. The van der Waals surface area contributed by atoms with Gasteiger partial charge < -0.3 is 15.0 Å². The van der Waals surface area contributed by atoms with Crippen molar-refractivity contribution in [1.82, 2.24) is 0 Å². The Labute approximate surface area is 175 Å². The summed E-state index contributed by atoms with van der Waals surface area (Å²) in [5.74, 6) is -1.26. The summed E-state index contributed by atoms with van der Waals surface area (Å²) in [6.45, 7) is 4.93. The fourth-order valence-electron chi connectivity index (χ4n) is 3.43. The van der Waals surface area contributed by atoms with Gasteiger partial charge in [0.2, 0.25) is 0 Å². The number of rotatable bonds is 6. The van der Waals surface area contributed by atoms with E-state index >= 15 is 0 Å². The first-order chi connectivity index (χ1) is 14.3. The number of nitro benzene ring substituents is 1. The highest BCUT2D eigenvalue weighted by molar-refractivity contribution is 5.96. The van der Waals surface area contributed by atoms with Crippen LogP contribution in [0.15, 0.2) is 36.4 Å². The number of hydrogen-bond donors (Lipinski definition) is 1. The molecule has 2 aromatic rings. The number of benzene rings is 2. The molecule has 158 valence electrons. The number of aryl methyl sites for hydroxylation is 2. The Hall–Kier alpha value is -3.42. The highest BCUT2D eigenvalue weighted by atomic mass is 16.6. The van der Waals surface area contributed by atoms with Crippen molar-refractivity contribution in [2.45, 2.75) is 33.1 Å². The fourth-order valence-corrected chi connectivity index (χ4v) is 3.43. The maximum Gasteiger partial charge on any atom is 0.338 e. The van der Waals surface area contributed by atoms with E-state index < -0.39 is 23.4 Å². The summed E-state index contributed by atoms with van der Waals surface area (Å²) < 4.78 is 5.05. The predicted molar refractivity (Wildman–Crippen MR) is 114 cm³/mol. The van der Waals surface area contributed by atoms with Gasteiger partial charge in [0.25, 0.3) is 11.6 Å². The summed E-state index contributed by atoms with van der Waals surface area (Å²) in [6.07, 6.45) is 3.08. The molecule has 1 fully saturated rings. The van der Waals surface area contributed by atoms with Gasteiger partial charge in [0.05, 0.1) is 10.5 Å². The van der Waals surface area contributed by atoms with Crippen LogP contribution < -0.4 is 10.2 Å². The Morgan fingerprint density at radius 3 is 2.47 bits per heavy atom. The largest absolute Gasteiger partial charge is 0.452 e. The van der Waals surface area contributed by atoms with E-state index in [9.17, 15) is 19.7 Å². The second kappa shape index (κ2) is 9.39. The maximum atomic E-state index is 12.3. The number of nitrogens with zero attached hydrogens (tertiary/aromatic N) is 2. The summed E-state index contributed by atoms with van der Waals surface area (Å²) in [4.78, 5) is 37.4. The van der Waals surface area contributed by atoms with Crippen LogP contribution in [0.1, 0.15) is 40.7 Å². The molecule has 8 heteroatoms. The summed E-state index contributed by atoms with van der Waals surface area (Å²) >= 11 is 0. The number of carbonyl (C=O) groups is 2. The molecule has 0 aromatic heterocycles. The van der Waals surface area contributed by atoms with Crippen molar-refractivity contribution in [3.63, 3.8) is 0 Å². The van der Waals surface area contributed by atoms with Crippen LogP contribution in [0.25, 0.3) is 0 Å². The van der Waals surface area contributed by atoms with E-state index in [-0.39, 0.29) is 11.3 Å². The van der Waals surface area contributed by atoms with Crippen LogP contribution in [0.2, 0.25) is 0 Å². The molecule has 3 rings (SSSR count). The molecule has 0 spiro atoms. The Morgan fingerprint density at radius 1 is 1.07 bits per heavy atom. The predicted octanol–water partition coefficient (Wildman–Crippen LogP) is 4.00. The van der Waals surface area contributed by atoms with Crippen LogP contribution in [0, 0.1) is 24.0 Å². The van der Waals surface area contributed by atoms with Crippen molar-refractivity contribution in [1.29, 1.82) is 0 Å². The molecule has 1 aliphatic heterocycles. The summed E-state index contributed by atoms with van der Waals surface area (Å²) in [5.41, 5.74) is 3.16. The normalized spacial score (nSPS) is 13.6. The molecule has 1 amide bonds. The number of anilines is 2. The van der Waals surface area contributed by atoms with Crippen LogP contribution in [0.5, 0.6) is 0 Å². The highest BCUT2D eigenvalue weighted by Crippen LogP contribution is 2.31. The van der Waals surface area contributed by atoms with Crippen LogP contribution in [-0.2, 0) is 9.53 Å². The standard InChI is InChI=1S/C22H25N3O5/c1-15-6-8-18(12-16(15)2)23-21(26)14-30-22(27)17-7-9-19(20(13-17)25(28)29)24-10-4-3-5-11-24/h6-9,12-13H,3-5,10-11,14H2,1-2H3,(H,23,26). The van der Waals surface area contributed by atoms with E-state index in [1.54, 1.807) is 12.1 Å². The lowest BCUT2D eigenvalue weighted by molar-refractivity contribution is -0.384. The minimum Gasteiger partial charge on any atom is -0.452 e. The first-order valence-electron chi connectivity index (χ1n) is 9.93. The molecule has 0 unspecified atom stereocenters. The zero-order valence-electron chi connectivity index (χ0n) is 17.1.